The summed E-state index contributed by atoms with van der Waals surface area (Å²) in [6, 6.07) is 13.3. The fourth-order valence-electron chi connectivity index (χ4n) is 3.46. The van der Waals surface area contributed by atoms with Gasteiger partial charge < -0.3 is 23.8 Å². The summed E-state index contributed by atoms with van der Waals surface area (Å²) in [4.78, 5) is 14.3. The zero-order chi connectivity index (χ0) is 18.6. The second-order valence-corrected chi connectivity index (χ2v) is 6.63. The van der Waals surface area contributed by atoms with Crippen molar-refractivity contribution in [3.05, 3.63) is 48.0 Å². The Morgan fingerprint density at radius 1 is 1.07 bits per heavy atom. The molecular formula is C21H23NO5. The number of nitrogens with zero attached hydrogens (tertiary/aromatic N) is 1. The Kier molecular flexibility index (Phi) is 5.05. The van der Waals surface area contributed by atoms with E-state index in [1.165, 1.54) is 5.56 Å². The van der Waals surface area contributed by atoms with Gasteiger partial charge in [-0.3, -0.25) is 4.79 Å². The molecule has 1 amide bonds. The van der Waals surface area contributed by atoms with Crippen LogP contribution in [0.15, 0.2) is 42.5 Å². The van der Waals surface area contributed by atoms with Crippen LogP contribution in [0.3, 0.4) is 0 Å². The normalized spacial score (nSPS) is 17.8. The van der Waals surface area contributed by atoms with E-state index in [4.69, 9.17) is 18.9 Å². The van der Waals surface area contributed by atoms with Gasteiger partial charge in [-0.15, -0.1) is 0 Å². The summed E-state index contributed by atoms with van der Waals surface area (Å²) in [5.41, 5.74) is 1.18. The van der Waals surface area contributed by atoms with Crippen LogP contribution in [0.4, 0.5) is 0 Å². The first-order valence-electron chi connectivity index (χ1n) is 9.26. The van der Waals surface area contributed by atoms with Crippen LogP contribution in [0, 0.1) is 0 Å². The van der Waals surface area contributed by atoms with Crippen LogP contribution in [-0.4, -0.2) is 43.9 Å². The van der Waals surface area contributed by atoms with Gasteiger partial charge in [0.1, 0.15) is 11.5 Å². The molecule has 2 heterocycles. The first-order chi connectivity index (χ1) is 13.2. The van der Waals surface area contributed by atoms with E-state index in [0.29, 0.717) is 24.8 Å². The van der Waals surface area contributed by atoms with E-state index in [9.17, 15) is 4.79 Å². The number of hydrogen-bond donors (Lipinski definition) is 0. The quantitative estimate of drug-likeness (QED) is 0.783. The van der Waals surface area contributed by atoms with Crippen LogP contribution in [0.1, 0.15) is 24.8 Å². The molecule has 1 atom stereocenters. The van der Waals surface area contributed by atoms with Crippen molar-refractivity contribution in [1.82, 2.24) is 4.90 Å². The fraction of sp³-hybridized carbons (Fsp3) is 0.381. The first-order valence-corrected chi connectivity index (χ1v) is 9.26. The summed E-state index contributed by atoms with van der Waals surface area (Å²) in [7, 11) is 0. The Morgan fingerprint density at radius 3 is 2.59 bits per heavy atom. The van der Waals surface area contributed by atoms with Crippen molar-refractivity contribution >= 4 is 5.91 Å². The summed E-state index contributed by atoms with van der Waals surface area (Å²) >= 11 is 0. The average molecular weight is 369 g/mol. The van der Waals surface area contributed by atoms with Crippen molar-refractivity contribution in [2.75, 3.05) is 33.1 Å². The summed E-state index contributed by atoms with van der Waals surface area (Å²) in [5.74, 6) is 3.35. The van der Waals surface area contributed by atoms with E-state index >= 15 is 0 Å². The molecule has 0 spiro atoms. The van der Waals surface area contributed by atoms with Gasteiger partial charge in [0.15, 0.2) is 18.1 Å². The zero-order valence-electron chi connectivity index (χ0n) is 15.3. The number of likely N-dealkylation sites (tertiary alicyclic amines) is 1. The Morgan fingerprint density at radius 2 is 1.81 bits per heavy atom. The van der Waals surface area contributed by atoms with Crippen molar-refractivity contribution in [3.63, 3.8) is 0 Å². The molecule has 6 heteroatoms. The maximum atomic E-state index is 12.5. The van der Waals surface area contributed by atoms with E-state index < -0.39 is 0 Å². The van der Waals surface area contributed by atoms with E-state index in [1.807, 2.05) is 48.2 Å². The molecule has 2 aliphatic rings. The van der Waals surface area contributed by atoms with Crippen LogP contribution in [0.2, 0.25) is 0 Å². The Bertz CT molecular complexity index is 805. The van der Waals surface area contributed by atoms with Gasteiger partial charge in [-0.05, 0) is 55.3 Å². The summed E-state index contributed by atoms with van der Waals surface area (Å²) in [5, 5.41) is 0. The smallest absolute Gasteiger partial charge is 0.260 e. The Hall–Kier alpha value is -2.89. The standard InChI is InChI=1S/C21H23NO5/c1-2-24-17-4-6-18(7-5-17)25-13-21(23)22-10-9-16(12-22)15-3-8-19-20(11-15)27-14-26-19/h3-8,11,16H,2,9-10,12-14H2,1H3. The molecule has 1 fully saturated rings. The van der Waals surface area contributed by atoms with Gasteiger partial charge >= 0.3 is 0 Å². The predicted octanol–water partition coefficient (Wildman–Crippen LogP) is 3.21. The van der Waals surface area contributed by atoms with Crippen LogP contribution in [0.5, 0.6) is 23.0 Å². The number of hydrogen-bond acceptors (Lipinski definition) is 5. The van der Waals surface area contributed by atoms with E-state index in [1.54, 1.807) is 0 Å². The lowest BCUT2D eigenvalue weighted by Crippen LogP contribution is -2.32. The third kappa shape index (κ3) is 3.94. The highest BCUT2D eigenvalue weighted by Crippen LogP contribution is 2.37. The van der Waals surface area contributed by atoms with Crippen LogP contribution >= 0.6 is 0 Å². The van der Waals surface area contributed by atoms with E-state index in [-0.39, 0.29) is 19.3 Å². The van der Waals surface area contributed by atoms with Gasteiger partial charge in [0, 0.05) is 19.0 Å². The highest BCUT2D eigenvalue weighted by atomic mass is 16.7. The monoisotopic (exact) mass is 369 g/mol. The summed E-state index contributed by atoms with van der Waals surface area (Å²) in [6.07, 6.45) is 0.939. The molecule has 0 bridgehead atoms. The lowest BCUT2D eigenvalue weighted by atomic mass is 9.98. The third-order valence-electron chi connectivity index (χ3n) is 4.91. The minimum absolute atomic E-state index is 0.00660. The SMILES string of the molecule is CCOc1ccc(OCC(=O)N2CCC(c3ccc4c(c3)OCO4)C2)cc1. The predicted molar refractivity (Wildman–Crippen MR) is 99.6 cm³/mol. The minimum Gasteiger partial charge on any atom is -0.494 e. The maximum absolute atomic E-state index is 12.5. The van der Waals surface area contributed by atoms with Crippen LogP contribution < -0.4 is 18.9 Å². The second-order valence-electron chi connectivity index (χ2n) is 6.63. The van der Waals surface area contributed by atoms with Gasteiger partial charge in [0.2, 0.25) is 6.79 Å². The van der Waals surface area contributed by atoms with Gasteiger partial charge in [-0.25, -0.2) is 0 Å². The number of carbonyl (C=O) groups excluding carboxylic acids is 1. The van der Waals surface area contributed by atoms with Crippen LogP contribution in [-0.2, 0) is 4.79 Å². The molecule has 2 aromatic carbocycles. The van der Waals surface area contributed by atoms with Crippen molar-refractivity contribution in [2.24, 2.45) is 0 Å². The molecule has 1 unspecified atom stereocenters. The fourth-order valence-corrected chi connectivity index (χ4v) is 3.46. The molecule has 1 saturated heterocycles. The molecule has 2 aromatic rings. The number of ether oxygens (including phenoxy) is 4. The number of benzene rings is 2. The van der Waals surface area contributed by atoms with Crippen LogP contribution in [0.25, 0.3) is 0 Å². The minimum atomic E-state index is 0.00660. The lowest BCUT2D eigenvalue weighted by molar-refractivity contribution is -0.132. The Labute approximate surface area is 158 Å². The van der Waals surface area contributed by atoms with E-state index in [2.05, 4.69) is 6.07 Å². The number of rotatable bonds is 6. The highest BCUT2D eigenvalue weighted by Gasteiger charge is 2.28. The molecule has 0 aromatic heterocycles. The topological polar surface area (TPSA) is 57.2 Å². The molecule has 2 aliphatic heterocycles. The third-order valence-corrected chi connectivity index (χ3v) is 4.91. The molecule has 0 radical (unpaired) electrons. The molecule has 0 saturated carbocycles. The van der Waals surface area contributed by atoms with Gasteiger partial charge in [0.25, 0.3) is 5.91 Å². The average Bonchev–Trinajstić information content (AvgIpc) is 3.36. The van der Waals surface area contributed by atoms with Crippen molar-refractivity contribution in [1.29, 1.82) is 0 Å². The first kappa shape index (κ1) is 17.5. The van der Waals surface area contributed by atoms with Crippen molar-refractivity contribution in [3.8, 4) is 23.0 Å². The number of fused-ring (bicyclic) bond motifs is 1. The molecule has 0 N–H and O–H groups in total. The van der Waals surface area contributed by atoms with Gasteiger partial charge in [0.05, 0.1) is 6.61 Å². The number of amides is 1. The largest absolute Gasteiger partial charge is 0.494 e. The van der Waals surface area contributed by atoms with Gasteiger partial charge in [-0.1, -0.05) is 6.07 Å². The van der Waals surface area contributed by atoms with Gasteiger partial charge in [-0.2, -0.15) is 0 Å². The molecule has 142 valence electrons. The lowest BCUT2D eigenvalue weighted by Gasteiger charge is -2.17. The van der Waals surface area contributed by atoms with Crippen molar-refractivity contribution < 1.29 is 23.7 Å². The molecular weight excluding hydrogens is 346 g/mol. The zero-order valence-corrected chi connectivity index (χ0v) is 15.3. The van der Waals surface area contributed by atoms with Crippen molar-refractivity contribution in [2.45, 2.75) is 19.3 Å². The highest BCUT2D eigenvalue weighted by molar-refractivity contribution is 5.78. The summed E-state index contributed by atoms with van der Waals surface area (Å²) in [6.45, 7) is 4.32. The Balaban J connectivity index is 1.30. The summed E-state index contributed by atoms with van der Waals surface area (Å²) < 4.78 is 21.8. The molecule has 6 nitrogen and oxygen atoms in total. The molecule has 0 aliphatic carbocycles. The van der Waals surface area contributed by atoms with E-state index in [0.717, 1.165) is 30.2 Å². The molecule has 4 rings (SSSR count). The number of carbonyl (C=O) groups is 1. The maximum Gasteiger partial charge on any atom is 0.260 e. The second kappa shape index (κ2) is 7.78. The molecule has 27 heavy (non-hydrogen) atoms.